The first-order valence-corrected chi connectivity index (χ1v) is 5.98. The lowest BCUT2D eigenvalue weighted by atomic mass is 10.1. The lowest BCUT2D eigenvalue weighted by Gasteiger charge is -2.14. The molecule has 0 heterocycles. The highest BCUT2D eigenvalue weighted by Crippen LogP contribution is 2.27. The Morgan fingerprint density at radius 2 is 2.31 bits per heavy atom. The van der Waals surface area contributed by atoms with Crippen LogP contribution in [0.5, 0.6) is 5.75 Å². The third kappa shape index (κ3) is 3.55. The van der Waals surface area contributed by atoms with Crippen LogP contribution in [0.25, 0.3) is 0 Å². The molecule has 16 heavy (non-hydrogen) atoms. The second-order valence-corrected chi connectivity index (χ2v) is 4.38. The summed E-state index contributed by atoms with van der Waals surface area (Å²) in [6.45, 7) is 2.95. The summed E-state index contributed by atoms with van der Waals surface area (Å²) in [7, 11) is 1.66. The van der Waals surface area contributed by atoms with Crippen LogP contribution >= 0.6 is 15.9 Å². The molecule has 1 rings (SSSR count). The van der Waals surface area contributed by atoms with Crippen LogP contribution in [0.2, 0.25) is 0 Å². The fraction of sp³-hybridized carbons (Fsp3) is 0.385. The highest BCUT2D eigenvalue weighted by Gasteiger charge is 2.07. The van der Waals surface area contributed by atoms with Gasteiger partial charge in [-0.2, -0.15) is 0 Å². The van der Waals surface area contributed by atoms with Crippen molar-refractivity contribution < 1.29 is 4.74 Å². The Hall–Kier alpha value is -0.980. The van der Waals surface area contributed by atoms with Crippen molar-refractivity contribution in [1.82, 2.24) is 5.32 Å². The van der Waals surface area contributed by atoms with Gasteiger partial charge in [0.15, 0.2) is 0 Å². The zero-order valence-corrected chi connectivity index (χ0v) is 11.2. The maximum atomic E-state index is 5.20. The van der Waals surface area contributed by atoms with E-state index in [1.165, 1.54) is 5.56 Å². The average molecular weight is 282 g/mol. The van der Waals surface area contributed by atoms with Gasteiger partial charge >= 0.3 is 0 Å². The molecule has 2 nitrogen and oxygen atoms in total. The van der Waals surface area contributed by atoms with Crippen LogP contribution in [-0.4, -0.2) is 13.7 Å². The maximum absolute atomic E-state index is 5.20. The fourth-order valence-electron chi connectivity index (χ4n) is 1.43. The van der Waals surface area contributed by atoms with Crippen LogP contribution in [0.4, 0.5) is 0 Å². The summed E-state index contributed by atoms with van der Waals surface area (Å²) in [5.74, 6) is 3.46. The summed E-state index contributed by atoms with van der Waals surface area (Å²) < 4.78 is 6.15. The van der Waals surface area contributed by atoms with Gasteiger partial charge in [-0.25, -0.2) is 0 Å². The molecule has 0 aliphatic carbocycles. The number of hydrogen-bond acceptors (Lipinski definition) is 2. The minimum Gasteiger partial charge on any atom is -0.496 e. The number of nitrogens with one attached hydrogen (secondary N) is 1. The van der Waals surface area contributed by atoms with Crippen LogP contribution in [0.3, 0.4) is 0 Å². The Morgan fingerprint density at radius 3 is 2.88 bits per heavy atom. The van der Waals surface area contributed by atoms with Crippen molar-refractivity contribution in [2.45, 2.75) is 19.4 Å². The Morgan fingerprint density at radius 1 is 1.56 bits per heavy atom. The van der Waals surface area contributed by atoms with E-state index in [-0.39, 0.29) is 6.04 Å². The fourth-order valence-corrected chi connectivity index (χ4v) is 1.99. The lowest BCUT2D eigenvalue weighted by molar-refractivity contribution is 0.411. The molecular formula is C13H16BrNO. The summed E-state index contributed by atoms with van der Waals surface area (Å²) >= 11 is 3.47. The van der Waals surface area contributed by atoms with Gasteiger partial charge in [-0.3, -0.25) is 0 Å². The highest BCUT2D eigenvalue weighted by atomic mass is 79.9. The minimum atomic E-state index is 0.288. The molecule has 0 aliphatic rings. The second kappa shape index (κ2) is 6.57. The number of ether oxygens (including phenoxy) is 1. The molecule has 0 aromatic heterocycles. The SMILES string of the molecule is C#CCCNC(C)c1ccc(OC)c(Br)c1. The van der Waals surface area contributed by atoms with E-state index in [1.54, 1.807) is 7.11 Å². The van der Waals surface area contributed by atoms with Gasteiger partial charge in [0, 0.05) is 19.0 Å². The van der Waals surface area contributed by atoms with Gasteiger partial charge in [0.1, 0.15) is 5.75 Å². The van der Waals surface area contributed by atoms with Gasteiger partial charge in [0.05, 0.1) is 11.6 Å². The van der Waals surface area contributed by atoms with E-state index < -0.39 is 0 Å². The second-order valence-electron chi connectivity index (χ2n) is 3.52. The molecule has 3 heteroatoms. The Balaban J connectivity index is 2.66. The van der Waals surface area contributed by atoms with Crippen molar-refractivity contribution in [3.8, 4) is 18.1 Å². The molecule has 0 aliphatic heterocycles. The van der Waals surface area contributed by atoms with Crippen molar-refractivity contribution in [2.75, 3.05) is 13.7 Å². The molecule has 1 N–H and O–H groups in total. The topological polar surface area (TPSA) is 21.3 Å². The quantitative estimate of drug-likeness (QED) is 0.661. The molecule has 1 aromatic rings. The van der Waals surface area contributed by atoms with E-state index in [0.717, 1.165) is 23.2 Å². The largest absolute Gasteiger partial charge is 0.496 e. The smallest absolute Gasteiger partial charge is 0.133 e. The summed E-state index contributed by atoms with van der Waals surface area (Å²) in [5, 5.41) is 3.36. The van der Waals surface area contributed by atoms with Crippen LogP contribution in [0, 0.1) is 12.3 Å². The third-order valence-electron chi connectivity index (χ3n) is 2.40. The summed E-state index contributed by atoms with van der Waals surface area (Å²) in [4.78, 5) is 0. The molecule has 1 atom stereocenters. The molecular weight excluding hydrogens is 266 g/mol. The number of terminal acetylenes is 1. The number of methoxy groups -OCH3 is 1. The minimum absolute atomic E-state index is 0.288. The van der Waals surface area contributed by atoms with Gasteiger partial charge in [-0.15, -0.1) is 12.3 Å². The summed E-state index contributed by atoms with van der Waals surface area (Å²) in [6, 6.07) is 6.36. The van der Waals surface area contributed by atoms with E-state index in [0.29, 0.717) is 0 Å². The van der Waals surface area contributed by atoms with Gasteiger partial charge in [-0.1, -0.05) is 6.07 Å². The Bertz CT molecular complexity index is 384. The van der Waals surface area contributed by atoms with Crippen molar-refractivity contribution in [2.24, 2.45) is 0 Å². The van der Waals surface area contributed by atoms with E-state index >= 15 is 0 Å². The van der Waals surface area contributed by atoms with E-state index in [2.05, 4.69) is 46.2 Å². The first-order valence-electron chi connectivity index (χ1n) is 5.19. The molecule has 1 unspecified atom stereocenters. The van der Waals surface area contributed by atoms with Gasteiger partial charge in [0.25, 0.3) is 0 Å². The summed E-state index contributed by atoms with van der Waals surface area (Å²) in [6.07, 6.45) is 5.95. The predicted octanol–water partition coefficient (Wildman–Crippen LogP) is 3.13. The molecule has 0 bridgehead atoms. The third-order valence-corrected chi connectivity index (χ3v) is 3.02. The van der Waals surface area contributed by atoms with Crippen LogP contribution in [-0.2, 0) is 0 Å². The normalized spacial score (nSPS) is 11.9. The van der Waals surface area contributed by atoms with Crippen molar-refractivity contribution >= 4 is 15.9 Å². The lowest BCUT2D eigenvalue weighted by Crippen LogP contribution is -2.19. The molecule has 0 amide bonds. The zero-order valence-electron chi connectivity index (χ0n) is 9.59. The molecule has 0 spiro atoms. The molecule has 0 fully saturated rings. The van der Waals surface area contributed by atoms with E-state index in [1.807, 2.05) is 6.07 Å². The van der Waals surface area contributed by atoms with Gasteiger partial charge in [-0.05, 0) is 40.5 Å². The first kappa shape index (κ1) is 13.1. The molecule has 0 radical (unpaired) electrons. The standard InChI is InChI=1S/C13H16BrNO/c1-4-5-8-15-10(2)11-6-7-13(16-3)12(14)9-11/h1,6-7,9-10,15H,5,8H2,2-3H3. The Kier molecular flexibility index (Phi) is 5.37. The molecule has 1 aromatic carbocycles. The average Bonchev–Trinajstić information content (AvgIpc) is 2.29. The molecule has 0 saturated carbocycles. The van der Waals surface area contributed by atoms with Crippen LogP contribution in [0.1, 0.15) is 24.9 Å². The van der Waals surface area contributed by atoms with Crippen molar-refractivity contribution in [1.29, 1.82) is 0 Å². The highest BCUT2D eigenvalue weighted by molar-refractivity contribution is 9.10. The molecule has 0 saturated heterocycles. The monoisotopic (exact) mass is 281 g/mol. The van der Waals surface area contributed by atoms with E-state index in [4.69, 9.17) is 11.2 Å². The number of halogens is 1. The first-order chi connectivity index (χ1) is 7.69. The van der Waals surface area contributed by atoms with E-state index in [9.17, 15) is 0 Å². The Labute approximate surface area is 106 Å². The number of benzene rings is 1. The maximum Gasteiger partial charge on any atom is 0.133 e. The predicted molar refractivity (Wildman–Crippen MR) is 70.6 cm³/mol. The summed E-state index contributed by atoms with van der Waals surface area (Å²) in [5.41, 5.74) is 1.21. The van der Waals surface area contributed by atoms with Crippen molar-refractivity contribution in [3.05, 3.63) is 28.2 Å². The molecule has 86 valence electrons. The van der Waals surface area contributed by atoms with Crippen LogP contribution in [0.15, 0.2) is 22.7 Å². The van der Waals surface area contributed by atoms with Gasteiger partial charge < -0.3 is 10.1 Å². The number of hydrogen-bond donors (Lipinski definition) is 1. The van der Waals surface area contributed by atoms with Gasteiger partial charge in [0.2, 0.25) is 0 Å². The van der Waals surface area contributed by atoms with Crippen LogP contribution < -0.4 is 10.1 Å². The van der Waals surface area contributed by atoms with Crippen molar-refractivity contribution in [3.63, 3.8) is 0 Å². The zero-order chi connectivity index (χ0) is 12.0. The number of rotatable bonds is 5.